The minimum Gasteiger partial charge on any atom is -0.370 e. The van der Waals surface area contributed by atoms with Crippen LogP contribution in [0, 0.1) is 6.92 Å². The van der Waals surface area contributed by atoms with Crippen LogP contribution in [-0.4, -0.2) is 36.8 Å². The number of hydrogen-bond acceptors (Lipinski definition) is 7. The van der Waals surface area contributed by atoms with Crippen molar-refractivity contribution in [2.75, 3.05) is 0 Å². The number of nitrogens with one attached hydrogen (secondary N) is 1. The van der Waals surface area contributed by atoms with Crippen LogP contribution in [-0.2, 0) is 11.2 Å². The molecule has 0 radical (unpaired) electrons. The molecule has 0 aliphatic carbocycles. The van der Waals surface area contributed by atoms with Gasteiger partial charge in [0.05, 0.1) is 0 Å². The molecule has 9 heteroatoms. The van der Waals surface area contributed by atoms with Gasteiger partial charge in [-0.1, -0.05) is 28.5 Å². The molecular formula is C14H15N7O2. The fourth-order valence-corrected chi connectivity index (χ4v) is 2.43. The van der Waals surface area contributed by atoms with E-state index < -0.39 is 0 Å². The molecule has 0 spiro atoms. The van der Waals surface area contributed by atoms with E-state index in [1.54, 1.807) is 0 Å². The van der Waals surface area contributed by atoms with Gasteiger partial charge in [-0.3, -0.25) is 4.79 Å². The summed E-state index contributed by atoms with van der Waals surface area (Å²) in [7, 11) is 0. The summed E-state index contributed by atoms with van der Waals surface area (Å²) in [6, 6.07) is 7.60. The minimum atomic E-state index is -0.380. The number of nitrogens with zero attached hydrogens (tertiary/aromatic N) is 5. The molecule has 0 fully saturated rings. The van der Waals surface area contributed by atoms with Crippen LogP contribution < -0.4 is 5.73 Å². The first kappa shape index (κ1) is 14.8. The Morgan fingerprint density at radius 3 is 2.91 bits per heavy atom. The molecule has 3 aromatic rings. The normalized spacial score (nSPS) is 12.2. The third-order valence-corrected chi connectivity index (χ3v) is 3.60. The summed E-state index contributed by atoms with van der Waals surface area (Å²) in [5.41, 5.74) is 8.55. The summed E-state index contributed by atoms with van der Waals surface area (Å²) < 4.78 is 4.72. The highest BCUT2D eigenvalue weighted by atomic mass is 16.6. The van der Waals surface area contributed by atoms with E-state index in [0.717, 1.165) is 11.1 Å². The van der Waals surface area contributed by atoms with Crippen LogP contribution in [0.5, 0.6) is 0 Å². The Bertz CT molecular complexity index is 797. The van der Waals surface area contributed by atoms with Crippen molar-refractivity contribution in [3.8, 4) is 11.4 Å². The zero-order valence-corrected chi connectivity index (χ0v) is 12.4. The van der Waals surface area contributed by atoms with Gasteiger partial charge in [0.15, 0.2) is 0 Å². The molecule has 23 heavy (non-hydrogen) atoms. The summed E-state index contributed by atoms with van der Waals surface area (Å²) in [5.74, 6) is -0.0250. The van der Waals surface area contributed by atoms with Crippen LogP contribution >= 0.6 is 0 Å². The van der Waals surface area contributed by atoms with E-state index in [0.29, 0.717) is 23.6 Å². The molecule has 2 heterocycles. The van der Waals surface area contributed by atoms with Gasteiger partial charge in [0.2, 0.25) is 11.7 Å². The smallest absolute Gasteiger partial charge is 0.218 e. The number of amides is 1. The Kier molecular flexibility index (Phi) is 4.09. The lowest BCUT2D eigenvalue weighted by molar-refractivity contribution is -0.118. The molecule has 0 saturated heterocycles. The monoisotopic (exact) mass is 313 g/mol. The summed E-state index contributed by atoms with van der Waals surface area (Å²) in [5, 5.41) is 21.5. The average Bonchev–Trinajstić information content (AvgIpc) is 3.19. The van der Waals surface area contributed by atoms with Crippen LogP contribution in [0.2, 0.25) is 0 Å². The maximum atomic E-state index is 11.4. The number of nitrogens with two attached hydrogens (primary N) is 1. The molecule has 1 unspecified atom stereocenters. The largest absolute Gasteiger partial charge is 0.370 e. The summed E-state index contributed by atoms with van der Waals surface area (Å²) in [4.78, 5) is 11.4. The SMILES string of the molecule is Cc1nonc1CC(CC(N)=O)c1cccc(-c2nn[nH]n2)c1. The fraction of sp³-hybridized carbons (Fsp3) is 0.286. The number of benzene rings is 1. The molecule has 2 aromatic heterocycles. The molecule has 1 aromatic carbocycles. The van der Waals surface area contributed by atoms with E-state index >= 15 is 0 Å². The molecule has 1 atom stereocenters. The third-order valence-electron chi connectivity index (χ3n) is 3.60. The zero-order chi connectivity index (χ0) is 16.2. The quantitative estimate of drug-likeness (QED) is 0.685. The van der Waals surface area contributed by atoms with Crippen molar-refractivity contribution in [1.29, 1.82) is 0 Å². The van der Waals surface area contributed by atoms with Crippen molar-refractivity contribution in [3.63, 3.8) is 0 Å². The Balaban J connectivity index is 1.91. The van der Waals surface area contributed by atoms with Crippen molar-refractivity contribution in [2.45, 2.75) is 25.7 Å². The zero-order valence-electron chi connectivity index (χ0n) is 12.4. The first-order chi connectivity index (χ1) is 11.1. The van der Waals surface area contributed by atoms with Crippen molar-refractivity contribution in [2.24, 2.45) is 5.73 Å². The van der Waals surface area contributed by atoms with E-state index in [1.165, 1.54) is 0 Å². The lowest BCUT2D eigenvalue weighted by atomic mass is 9.89. The van der Waals surface area contributed by atoms with Crippen LogP contribution in [0.4, 0.5) is 0 Å². The van der Waals surface area contributed by atoms with Gasteiger partial charge in [-0.05, 0) is 29.7 Å². The maximum absolute atomic E-state index is 11.4. The molecular weight excluding hydrogens is 298 g/mol. The number of hydrogen-bond donors (Lipinski definition) is 2. The van der Waals surface area contributed by atoms with Gasteiger partial charge in [0, 0.05) is 18.4 Å². The van der Waals surface area contributed by atoms with Crippen molar-refractivity contribution in [1.82, 2.24) is 30.9 Å². The van der Waals surface area contributed by atoms with E-state index in [2.05, 4.69) is 30.9 Å². The lowest BCUT2D eigenvalue weighted by Crippen LogP contribution is -2.17. The Labute approximate surface area is 131 Å². The number of tetrazole rings is 1. The average molecular weight is 313 g/mol. The number of aromatic nitrogens is 6. The highest BCUT2D eigenvalue weighted by Gasteiger charge is 2.20. The lowest BCUT2D eigenvalue weighted by Gasteiger charge is -2.15. The predicted octanol–water partition coefficient (Wildman–Crippen LogP) is 0.760. The number of primary amides is 1. The number of aromatic amines is 1. The number of aryl methyl sites for hydroxylation is 1. The van der Waals surface area contributed by atoms with Crippen LogP contribution in [0.25, 0.3) is 11.4 Å². The van der Waals surface area contributed by atoms with Gasteiger partial charge in [-0.2, -0.15) is 5.21 Å². The van der Waals surface area contributed by atoms with Gasteiger partial charge in [-0.25, -0.2) is 4.63 Å². The summed E-state index contributed by atoms with van der Waals surface area (Å²) >= 11 is 0. The number of carbonyl (C=O) groups is 1. The summed E-state index contributed by atoms with van der Waals surface area (Å²) in [6.45, 7) is 1.81. The van der Waals surface area contributed by atoms with Crippen LogP contribution in [0.1, 0.15) is 29.3 Å². The first-order valence-electron chi connectivity index (χ1n) is 7.03. The molecule has 0 saturated carbocycles. The van der Waals surface area contributed by atoms with E-state index in [4.69, 9.17) is 10.4 Å². The maximum Gasteiger partial charge on any atom is 0.218 e. The topological polar surface area (TPSA) is 136 Å². The molecule has 0 aliphatic rings. The fourth-order valence-electron chi connectivity index (χ4n) is 2.43. The van der Waals surface area contributed by atoms with Crippen LogP contribution in [0.3, 0.4) is 0 Å². The van der Waals surface area contributed by atoms with E-state index in [1.807, 2.05) is 31.2 Å². The molecule has 118 valence electrons. The molecule has 0 bridgehead atoms. The van der Waals surface area contributed by atoms with Gasteiger partial charge < -0.3 is 5.73 Å². The highest BCUT2D eigenvalue weighted by Crippen LogP contribution is 2.27. The third kappa shape index (κ3) is 3.39. The molecule has 3 N–H and O–H groups in total. The Hall–Kier alpha value is -3.10. The standard InChI is InChI=1S/C14H15N7O2/c1-8-12(19-23-18-8)6-11(7-13(15)22)9-3-2-4-10(5-9)14-16-20-21-17-14/h2-5,11H,6-7H2,1H3,(H2,15,22)(H,16,17,20,21). The second-order valence-corrected chi connectivity index (χ2v) is 5.23. The first-order valence-corrected chi connectivity index (χ1v) is 7.03. The van der Waals surface area contributed by atoms with Gasteiger partial charge in [0.1, 0.15) is 11.4 Å². The van der Waals surface area contributed by atoms with Crippen LogP contribution in [0.15, 0.2) is 28.9 Å². The van der Waals surface area contributed by atoms with Crippen molar-refractivity contribution in [3.05, 3.63) is 41.2 Å². The number of H-pyrrole nitrogens is 1. The molecule has 1 amide bonds. The second-order valence-electron chi connectivity index (χ2n) is 5.23. The van der Waals surface area contributed by atoms with Gasteiger partial charge >= 0.3 is 0 Å². The predicted molar refractivity (Wildman–Crippen MR) is 78.9 cm³/mol. The van der Waals surface area contributed by atoms with Crippen molar-refractivity contribution < 1.29 is 9.42 Å². The molecule has 0 aliphatic heterocycles. The highest BCUT2D eigenvalue weighted by molar-refractivity contribution is 5.75. The molecule has 9 nitrogen and oxygen atoms in total. The Morgan fingerprint density at radius 2 is 2.26 bits per heavy atom. The Morgan fingerprint density at radius 1 is 1.39 bits per heavy atom. The molecule has 3 rings (SSSR count). The number of carbonyl (C=O) groups excluding carboxylic acids is 1. The van der Waals surface area contributed by atoms with E-state index in [9.17, 15) is 4.79 Å². The number of rotatable bonds is 6. The van der Waals surface area contributed by atoms with Crippen molar-refractivity contribution >= 4 is 5.91 Å². The van der Waals surface area contributed by atoms with E-state index in [-0.39, 0.29) is 18.2 Å². The minimum absolute atomic E-state index is 0.134. The summed E-state index contributed by atoms with van der Waals surface area (Å²) in [6.07, 6.45) is 0.704. The second kappa shape index (κ2) is 6.34. The van der Waals surface area contributed by atoms with Gasteiger partial charge in [-0.15, -0.1) is 10.2 Å². The van der Waals surface area contributed by atoms with Gasteiger partial charge in [0.25, 0.3) is 0 Å².